The van der Waals surface area contributed by atoms with Crippen molar-refractivity contribution in [3.8, 4) is 0 Å². The number of piperidine rings is 1. The summed E-state index contributed by atoms with van der Waals surface area (Å²) in [6.07, 6.45) is 8.88. The van der Waals surface area contributed by atoms with Crippen molar-refractivity contribution in [3.63, 3.8) is 0 Å². The fourth-order valence-electron chi connectivity index (χ4n) is 4.49. The van der Waals surface area contributed by atoms with Crippen LogP contribution in [0.25, 0.3) is 0 Å². The van der Waals surface area contributed by atoms with E-state index < -0.39 is 0 Å². The first-order valence-corrected chi connectivity index (χ1v) is 11.4. The molecule has 0 aromatic rings. The Morgan fingerprint density at radius 3 is 2.55 bits per heavy atom. The molecule has 0 spiro atoms. The first-order valence-electron chi connectivity index (χ1n) is 11.4. The van der Waals surface area contributed by atoms with Crippen molar-refractivity contribution in [1.29, 1.82) is 0 Å². The zero-order valence-electron chi connectivity index (χ0n) is 18.8. The highest BCUT2D eigenvalue weighted by Crippen LogP contribution is 2.43. The van der Waals surface area contributed by atoms with Gasteiger partial charge in [0.1, 0.15) is 0 Å². The second kappa shape index (κ2) is 12.1. The van der Waals surface area contributed by atoms with E-state index in [1.54, 1.807) is 0 Å². The summed E-state index contributed by atoms with van der Waals surface area (Å²) in [6.45, 7) is 11.4. The average molecular weight is 524 g/mol. The molecular formula is C22H42IN3O3. The number of hydrogen-bond acceptors (Lipinski definition) is 4. The number of guanidine groups is 1. The van der Waals surface area contributed by atoms with Crippen molar-refractivity contribution in [3.05, 3.63) is 0 Å². The van der Waals surface area contributed by atoms with Crippen molar-refractivity contribution in [2.24, 2.45) is 10.4 Å². The summed E-state index contributed by atoms with van der Waals surface area (Å²) in [5.74, 6) is 1.03. The lowest BCUT2D eigenvalue weighted by atomic mass is 9.64. The van der Waals surface area contributed by atoms with Crippen LogP contribution in [0, 0.1) is 5.41 Å². The van der Waals surface area contributed by atoms with Gasteiger partial charge in [-0.3, -0.25) is 4.99 Å². The molecule has 3 atom stereocenters. The summed E-state index contributed by atoms with van der Waals surface area (Å²) in [6, 6.07) is 0.423. The van der Waals surface area contributed by atoms with Crippen LogP contribution in [0.3, 0.4) is 0 Å². The van der Waals surface area contributed by atoms with E-state index in [0.29, 0.717) is 24.4 Å². The van der Waals surface area contributed by atoms with Gasteiger partial charge in [0.05, 0.1) is 24.9 Å². The van der Waals surface area contributed by atoms with Gasteiger partial charge in [0.15, 0.2) is 5.96 Å². The van der Waals surface area contributed by atoms with Gasteiger partial charge in [0, 0.05) is 44.8 Å². The molecule has 2 saturated heterocycles. The van der Waals surface area contributed by atoms with E-state index in [-0.39, 0.29) is 29.4 Å². The Labute approximate surface area is 194 Å². The smallest absolute Gasteiger partial charge is 0.193 e. The van der Waals surface area contributed by atoms with Crippen molar-refractivity contribution in [1.82, 2.24) is 10.2 Å². The maximum Gasteiger partial charge on any atom is 0.193 e. The van der Waals surface area contributed by atoms with E-state index in [1.807, 2.05) is 7.05 Å². The van der Waals surface area contributed by atoms with Gasteiger partial charge in [-0.05, 0) is 38.5 Å². The van der Waals surface area contributed by atoms with Crippen molar-refractivity contribution >= 4 is 29.9 Å². The number of halogens is 1. The van der Waals surface area contributed by atoms with E-state index in [1.165, 1.54) is 12.8 Å². The van der Waals surface area contributed by atoms with Crippen LogP contribution in [0.2, 0.25) is 0 Å². The molecule has 29 heavy (non-hydrogen) atoms. The zero-order chi connectivity index (χ0) is 20.0. The number of hydrogen-bond donors (Lipinski definition) is 1. The van der Waals surface area contributed by atoms with Crippen LogP contribution in [-0.2, 0) is 14.2 Å². The van der Waals surface area contributed by atoms with Crippen molar-refractivity contribution in [2.75, 3.05) is 40.0 Å². The summed E-state index contributed by atoms with van der Waals surface area (Å²) in [5, 5.41) is 3.71. The van der Waals surface area contributed by atoms with E-state index in [4.69, 9.17) is 14.2 Å². The van der Waals surface area contributed by atoms with Crippen LogP contribution in [0.4, 0.5) is 0 Å². The highest BCUT2D eigenvalue weighted by atomic mass is 127. The molecule has 0 amide bonds. The number of rotatable bonds is 8. The summed E-state index contributed by atoms with van der Waals surface area (Å²) >= 11 is 0. The second-order valence-electron chi connectivity index (χ2n) is 9.17. The van der Waals surface area contributed by atoms with Crippen LogP contribution in [0.1, 0.15) is 65.7 Å². The van der Waals surface area contributed by atoms with Crippen LogP contribution in [0.5, 0.6) is 0 Å². The number of nitrogens with one attached hydrogen (secondary N) is 1. The average Bonchev–Trinajstić information content (AvgIpc) is 3.22. The largest absolute Gasteiger partial charge is 0.378 e. The van der Waals surface area contributed by atoms with Crippen LogP contribution in [0.15, 0.2) is 4.99 Å². The Kier molecular flexibility index (Phi) is 10.5. The third-order valence-corrected chi connectivity index (χ3v) is 6.79. The van der Waals surface area contributed by atoms with Crippen LogP contribution >= 0.6 is 24.0 Å². The van der Waals surface area contributed by atoms with Gasteiger partial charge in [-0.2, -0.15) is 0 Å². The summed E-state index contributed by atoms with van der Waals surface area (Å²) in [5.41, 5.74) is 0.145. The first kappa shape index (κ1) is 25.1. The molecule has 1 aliphatic carbocycles. The minimum absolute atomic E-state index is 0. The number of likely N-dealkylation sites (tertiary alicyclic amines) is 1. The second-order valence-corrected chi connectivity index (χ2v) is 9.17. The van der Waals surface area contributed by atoms with E-state index in [9.17, 15) is 0 Å². The Balaban J connectivity index is 0.00000300. The van der Waals surface area contributed by atoms with Crippen LogP contribution < -0.4 is 5.32 Å². The number of ether oxygens (including phenoxy) is 3. The van der Waals surface area contributed by atoms with Crippen LogP contribution in [-0.4, -0.2) is 75.2 Å². The van der Waals surface area contributed by atoms with Gasteiger partial charge in [0.2, 0.25) is 0 Å². The number of aliphatic imine (C=N–C) groups is 1. The molecule has 2 heterocycles. The Bertz CT molecular complexity index is 504. The number of nitrogens with zero attached hydrogens (tertiary/aromatic N) is 2. The standard InChI is InChI=1S/C22H41N3O3.HI/c1-5-6-13-27-20-15-19(22(20,2)3)24-21(23-4)25-11-9-17(10-12-25)28-16-18-8-7-14-26-18;/h17-20H,5-16H2,1-4H3,(H,23,24);1H. The normalized spacial score (nSPS) is 30.0. The lowest BCUT2D eigenvalue weighted by Gasteiger charge is -2.52. The molecule has 0 aromatic carbocycles. The maximum atomic E-state index is 6.11. The predicted octanol–water partition coefficient (Wildman–Crippen LogP) is 3.82. The lowest BCUT2D eigenvalue weighted by Crippen LogP contribution is -2.64. The van der Waals surface area contributed by atoms with E-state index in [2.05, 4.69) is 36.0 Å². The summed E-state index contributed by atoms with van der Waals surface area (Å²) in [7, 11) is 1.89. The molecule has 1 N–H and O–H groups in total. The first-order chi connectivity index (χ1) is 13.5. The SMILES string of the molecule is CCCCOC1CC(NC(=NC)N2CCC(OCC3CCCO3)CC2)C1(C)C.I. The van der Waals surface area contributed by atoms with Gasteiger partial charge >= 0.3 is 0 Å². The van der Waals surface area contributed by atoms with Gasteiger partial charge in [-0.25, -0.2) is 0 Å². The molecule has 0 aromatic heterocycles. The topological polar surface area (TPSA) is 55.3 Å². The molecule has 170 valence electrons. The van der Waals surface area contributed by atoms with Crippen molar-refractivity contribution < 1.29 is 14.2 Å². The number of unbranched alkanes of at least 4 members (excludes halogenated alkanes) is 1. The Hall–Kier alpha value is -0.120. The highest BCUT2D eigenvalue weighted by Gasteiger charge is 2.49. The summed E-state index contributed by atoms with van der Waals surface area (Å²) < 4.78 is 17.9. The molecule has 2 aliphatic heterocycles. The molecule has 3 rings (SSSR count). The fraction of sp³-hybridized carbons (Fsp3) is 0.955. The third-order valence-electron chi connectivity index (χ3n) is 6.79. The van der Waals surface area contributed by atoms with Gasteiger partial charge < -0.3 is 24.4 Å². The highest BCUT2D eigenvalue weighted by molar-refractivity contribution is 14.0. The molecule has 1 saturated carbocycles. The lowest BCUT2D eigenvalue weighted by molar-refractivity contribution is -0.114. The molecule has 0 radical (unpaired) electrons. The molecule has 3 aliphatic rings. The maximum absolute atomic E-state index is 6.11. The molecule has 3 fully saturated rings. The fourth-order valence-corrected chi connectivity index (χ4v) is 4.49. The molecule has 7 heteroatoms. The molecule has 0 bridgehead atoms. The molecule has 6 nitrogen and oxygen atoms in total. The minimum Gasteiger partial charge on any atom is -0.378 e. The molecule has 3 unspecified atom stereocenters. The van der Waals surface area contributed by atoms with Gasteiger partial charge in [-0.15, -0.1) is 24.0 Å². The Morgan fingerprint density at radius 1 is 1.21 bits per heavy atom. The summed E-state index contributed by atoms with van der Waals surface area (Å²) in [4.78, 5) is 6.95. The Morgan fingerprint density at radius 2 is 1.97 bits per heavy atom. The predicted molar refractivity (Wildman–Crippen MR) is 128 cm³/mol. The zero-order valence-corrected chi connectivity index (χ0v) is 21.2. The molecular weight excluding hydrogens is 481 g/mol. The van der Waals surface area contributed by atoms with E-state index in [0.717, 1.165) is 71.0 Å². The quantitative estimate of drug-likeness (QED) is 0.227. The van der Waals surface area contributed by atoms with Gasteiger partial charge in [-0.1, -0.05) is 27.2 Å². The van der Waals surface area contributed by atoms with Gasteiger partial charge in [0.25, 0.3) is 0 Å². The van der Waals surface area contributed by atoms with Crippen molar-refractivity contribution in [2.45, 2.75) is 90.1 Å². The minimum atomic E-state index is 0. The third kappa shape index (κ3) is 6.68. The monoisotopic (exact) mass is 523 g/mol. The van der Waals surface area contributed by atoms with E-state index >= 15 is 0 Å².